The Morgan fingerprint density at radius 3 is 0.923 bits per heavy atom. The Balaban J connectivity index is -0.0000000533. The predicted octanol–water partition coefficient (Wildman–Crippen LogP) is -4.11. The van der Waals surface area contributed by atoms with Gasteiger partial charge in [-0.15, -0.1) is 0 Å². The first-order valence-corrected chi connectivity index (χ1v) is 4.38. The summed E-state index contributed by atoms with van der Waals surface area (Å²) in [4.78, 5) is 37.3. The third-order valence-corrected chi connectivity index (χ3v) is 1.80. The normalized spacial score (nSPS) is 9.54. The summed E-state index contributed by atoms with van der Waals surface area (Å²) in [5.74, 6) is 0. The second-order valence-electron chi connectivity index (χ2n) is 0.976. The molecule has 0 atom stereocenters. The monoisotopic (exact) mass is 608 g/mol. The molecule has 0 saturated heterocycles. The number of hydrogen-bond acceptors (Lipinski definition) is 7. The molecule has 0 aromatic rings. The first-order valence-electron chi connectivity index (χ1n) is 1.46. The fourth-order valence-electron chi connectivity index (χ4n) is 0.122. The van der Waals surface area contributed by atoms with E-state index in [4.69, 9.17) is 0 Å². The van der Waals surface area contributed by atoms with Crippen molar-refractivity contribution in [3.63, 3.8) is 0 Å². The van der Waals surface area contributed by atoms with Gasteiger partial charge in [0.15, 0.2) is 0 Å². The third-order valence-electron chi connectivity index (χ3n) is 0.200. The van der Waals surface area contributed by atoms with Crippen LogP contribution in [-0.2, 0) is 53.7 Å². The minimum atomic E-state index is -5.68. The molecular weight excluding hydrogens is 607 g/mol. The maximum Gasteiger partial charge on any atom is 2.00 e. The van der Waals surface area contributed by atoms with E-state index in [-0.39, 0.29) is 88.0 Å². The molecule has 0 heterocycles. The van der Waals surface area contributed by atoms with Crippen molar-refractivity contribution >= 4 is 63.5 Å². The Morgan fingerprint density at radius 2 is 0.923 bits per heavy atom. The average molecular weight is 607 g/mol. The van der Waals surface area contributed by atoms with E-state index in [1.165, 1.54) is 0 Å². The van der Waals surface area contributed by atoms with E-state index in [2.05, 4.69) is 4.31 Å². The van der Waals surface area contributed by atoms with E-state index < -0.39 is 15.6 Å². The Hall–Kier alpha value is 3.16. The number of rotatable bonds is 2. The Labute approximate surface area is 135 Å². The van der Waals surface area contributed by atoms with Gasteiger partial charge in [0.1, 0.15) is 0 Å². The summed E-state index contributed by atoms with van der Waals surface area (Å²) in [5, 5.41) is 0. The van der Waals surface area contributed by atoms with Gasteiger partial charge in [0, 0.05) is 40.2 Å². The van der Waals surface area contributed by atoms with Crippen LogP contribution in [0.3, 0.4) is 0 Å². The number of hydrogen-bond donors (Lipinski definition) is 0. The van der Waals surface area contributed by atoms with Crippen LogP contribution in [0.25, 0.3) is 0 Å². The van der Waals surface area contributed by atoms with Crippen LogP contribution >= 0.6 is 15.6 Å². The van der Waals surface area contributed by atoms with Gasteiger partial charge in [-0.05, 0) is 0 Å². The van der Waals surface area contributed by atoms with Crippen molar-refractivity contribution in [3.8, 4) is 0 Å². The van der Waals surface area contributed by atoms with Crippen molar-refractivity contribution in [2.24, 2.45) is 0 Å². The van der Waals surface area contributed by atoms with Crippen molar-refractivity contribution < 1.29 is 73.2 Å². The van der Waals surface area contributed by atoms with Gasteiger partial charge in [0.05, 0.1) is 15.6 Å². The van der Waals surface area contributed by atoms with Gasteiger partial charge in [-0.3, -0.25) is 0 Å². The van der Waals surface area contributed by atoms with E-state index in [9.17, 15) is 28.7 Å². The molecule has 13 heavy (non-hydrogen) atoms. The fraction of sp³-hybridized carbons (Fsp3) is 0. The molecule has 0 saturated carbocycles. The first-order chi connectivity index (χ1) is 3.71. The second-order valence-corrected chi connectivity index (χ2v) is 3.42. The third kappa shape index (κ3) is 31.3. The zero-order chi connectivity index (χ0) is 7.71. The van der Waals surface area contributed by atoms with Gasteiger partial charge in [-0.25, -0.2) is 0 Å². The molecule has 0 aromatic heterocycles. The largest absolute Gasteiger partial charge is 2.00 e. The Morgan fingerprint density at radius 1 is 0.769 bits per heavy atom. The summed E-state index contributed by atoms with van der Waals surface area (Å²) < 4.78 is 21.2. The zero-order valence-electron chi connectivity index (χ0n) is 5.51. The van der Waals surface area contributed by atoms with Crippen LogP contribution in [-0.4, -0.2) is 47.8 Å². The van der Waals surface area contributed by atoms with Crippen LogP contribution in [0, 0.1) is 0 Å². The van der Waals surface area contributed by atoms with E-state index in [0.717, 1.165) is 0 Å². The van der Waals surface area contributed by atoms with E-state index >= 15 is 0 Å². The van der Waals surface area contributed by atoms with Gasteiger partial charge >= 0.3 is 47.8 Å². The van der Waals surface area contributed by atoms with Crippen molar-refractivity contribution in [2.75, 3.05) is 0 Å². The minimum absolute atomic E-state index is 0. The standard InChI is InChI=1S/H4O7P2.2Sn.2Tc/c1-8(2,3)7-9(4,5)6;;;;/h(H2,1,2,3)(H2,4,5,6);;;;/q;2*+2;;/p-4. The maximum atomic E-state index is 9.32. The van der Waals surface area contributed by atoms with Gasteiger partial charge in [-0.2, -0.15) is 0 Å². The molecule has 0 fully saturated rings. The summed E-state index contributed by atoms with van der Waals surface area (Å²) in [5.41, 5.74) is 0. The molecule has 0 aliphatic carbocycles. The van der Waals surface area contributed by atoms with Gasteiger partial charge < -0.3 is 33.0 Å². The molecule has 74 valence electrons. The summed E-state index contributed by atoms with van der Waals surface area (Å²) in [6.07, 6.45) is 0. The van der Waals surface area contributed by atoms with Gasteiger partial charge in [-0.1, -0.05) is 0 Å². The molecular formula is O7P2Sn2Tc2. The molecule has 0 aromatic carbocycles. The van der Waals surface area contributed by atoms with Gasteiger partial charge in [0.2, 0.25) is 0 Å². The molecule has 0 unspecified atom stereocenters. The smallest absolute Gasteiger partial charge is 0.790 e. The van der Waals surface area contributed by atoms with Crippen LogP contribution in [0.2, 0.25) is 0 Å². The van der Waals surface area contributed by atoms with Gasteiger partial charge in [0.25, 0.3) is 0 Å². The molecule has 0 N–H and O–H groups in total. The fourth-order valence-corrected chi connectivity index (χ4v) is 1.10. The Bertz CT molecular complexity index is 163. The summed E-state index contributed by atoms with van der Waals surface area (Å²) >= 11 is 0. The molecule has 0 rings (SSSR count). The minimum Gasteiger partial charge on any atom is -0.790 e. The quantitative estimate of drug-likeness (QED) is 0.230. The number of phosphoric acid groups is 2. The average Bonchev–Trinajstić information content (AvgIpc) is 1.14. The molecule has 0 aliphatic heterocycles. The van der Waals surface area contributed by atoms with Crippen molar-refractivity contribution in [1.29, 1.82) is 0 Å². The van der Waals surface area contributed by atoms with Crippen LogP contribution in [0.5, 0.6) is 0 Å². The van der Waals surface area contributed by atoms with Crippen molar-refractivity contribution in [2.45, 2.75) is 0 Å². The van der Waals surface area contributed by atoms with Crippen molar-refractivity contribution in [3.05, 3.63) is 0 Å². The molecule has 7 nitrogen and oxygen atoms in total. The summed E-state index contributed by atoms with van der Waals surface area (Å²) in [6.45, 7) is 0. The molecule has 6 radical (unpaired) electrons. The zero-order valence-corrected chi connectivity index (χ0v) is 16.7. The molecule has 13 heteroatoms. The van der Waals surface area contributed by atoms with Crippen LogP contribution in [0.4, 0.5) is 0 Å². The topological polar surface area (TPSA) is 136 Å². The van der Waals surface area contributed by atoms with Crippen LogP contribution in [0.15, 0.2) is 0 Å². The predicted molar refractivity (Wildman–Crippen MR) is 27.8 cm³/mol. The SMILES string of the molecule is O=P([O-])([O-])OP(=O)([O-])[O-].[Sn+2].[Sn+2].[Tc].[Tc]. The van der Waals surface area contributed by atoms with E-state index in [1.54, 1.807) is 0 Å². The Kier molecular flexibility index (Phi) is 26.7. The van der Waals surface area contributed by atoms with E-state index in [1.807, 2.05) is 0 Å². The van der Waals surface area contributed by atoms with Crippen LogP contribution < -0.4 is 19.6 Å². The first kappa shape index (κ1) is 29.8. The maximum absolute atomic E-state index is 9.32. The van der Waals surface area contributed by atoms with Crippen LogP contribution in [0.1, 0.15) is 0 Å². The molecule has 0 bridgehead atoms. The van der Waals surface area contributed by atoms with E-state index in [0.29, 0.717) is 0 Å². The van der Waals surface area contributed by atoms with Crippen molar-refractivity contribution in [1.82, 2.24) is 0 Å². The second kappa shape index (κ2) is 11.6. The molecule has 0 spiro atoms. The summed E-state index contributed by atoms with van der Waals surface area (Å²) in [7, 11) is -11.4. The molecule has 0 amide bonds. The molecule has 0 aliphatic rings. The summed E-state index contributed by atoms with van der Waals surface area (Å²) in [6, 6.07) is 0.